The van der Waals surface area contributed by atoms with Gasteiger partial charge in [-0.2, -0.15) is 0 Å². The van der Waals surface area contributed by atoms with Gasteiger partial charge in [0, 0.05) is 12.7 Å². The molecule has 1 aromatic carbocycles. The molecule has 6 heteroatoms. The lowest BCUT2D eigenvalue weighted by Gasteiger charge is -2.19. The van der Waals surface area contributed by atoms with E-state index in [1.54, 1.807) is 24.8 Å². The summed E-state index contributed by atoms with van der Waals surface area (Å²) < 4.78 is 10.8. The molecule has 0 amide bonds. The van der Waals surface area contributed by atoms with Gasteiger partial charge in [0.15, 0.2) is 0 Å². The maximum Gasteiger partial charge on any atom is 0.338 e. The molecule has 0 bridgehead atoms. The van der Waals surface area contributed by atoms with Crippen molar-refractivity contribution in [3.8, 4) is 0 Å². The molecule has 0 aliphatic rings. The second-order valence-corrected chi connectivity index (χ2v) is 7.64. The van der Waals surface area contributed by atoms with Crippen LogP contribution in [0, 0.1) is 6.92 Å². The fourth-order valence-corrected chi connectivity index (χ4v) is 2.75. The number of aromatic nitrogens is 2. The summed E-state index contributed by atoms with van der Waals surface area (Å²) in [6.07, 6.45) is 0. The number of benzene rings is 1. The van der Waals surface area contributed by atoms with Crippen molar-refractivity contribution >= 4 is 17.7 Å². The fraction of sp³-hybridized carbons (Fsp3) is 0.471. The third-order valence-corrected chi connectivity index (χ3v) is 4.15. The summed E-state index contributed by atoms with van der Waals surface area (Å²) in [6, 6.07) is 7.50. The van der Waals surface area contributed by atoms with E-state index in [1.807, 2.05) is 45.9 Å². The number of nitrogens with zero attached hydrogens (tertiary/aromatic N) is 2. The standard InChI is InChI=1S/C17H22N2O3S/c1-11(15-19-18-12(2)21-15)23-10-13-7-6-8-14(9-13)16(20)22-17(3,4)5/h6-9,11H,10H2,1-5H3/t11-/m1/s1. The van der Waals surface area contributed by atoms with Gasteiger partial charge in [-0.3, -0.25) is 0 Å². The summed E-state index contributed by atoms with van der Waals surface area (Å²) >= 11 is 1.68. The first-order valence-electron chi connectivity index (χ1n) is 7.48. The van der Waals surface area contributed by atoms with Gasteiger partial charge in [0.1, 0.15) is 5.60 Å². The molecule has 2 aromatic rings. The molecule has 1 atom stereocenters. The molecule has 0 saturated carbocycles. The van der Waals surface area contributed by atoms with Crippen molar-refractivity contribution in [1.82, 2.24) is 10.2 Å². The van der Waals surface area contributed by atoms with E-state index in [9.17, 15) is 4.79 Å². The van der Waals surface area contributed by atoms with E-state index < -0.39 is 5.60 Å². The van der Waals surface area contributed by atoms with Crippen LogP contribution in [0.5, 0.6) is 0 Å². The van der Waals surface area contributed by atoms with E-state index >= 15 is 0 Å². The Kier molecular flexibility index (Phi) is 5.46. The number of carbonyl (C=O) groups excluding carboxylic acids is 1. The number of rotatable bonds is 5. The lowest BCUT2D eigenvalue weighted by molar-refractivity contribution is 0.00694. The molecule has 0 aliphatic heterocycles. The molecule has 0 aliphatic carbocycles. The van der Waals surface area contributed by atoms with Crippen molar-refractivity contribution in [3.05, 3.63) is 47.2 Å². The van der Waals surface area contributed by atoms with Crippen LogP contribution in [0.4, 0.5) is 0 Å². The zero-order valence-corrected chi connectivity index (χ0v) is 14.9. The van der Waals surface area contributed by atoms with E-state index in [0.29, 0.717) is 17.3 Å². The predicted molar refractivity (Wildman–Crippen MR) is 90.4 cm³/mol. The normalized spacial score (nSPS) is 12.9. The van der Waals surface area contributed by atoms with Gasteiger partial charge < -0.3 is 9.15 Å². The molecule has 0 saturated heterocycles. The first-order valence-corrected chi connectivity index (χ1v) is 8.53. The first-order chi connectivity index (χ1) is 10.7. The van der Waals surface area contributed by atoms with E-state index in [-0.39, 0.29) is 11.2 Å². The predicted octanol–water partition coefficient (Wildman–Crippen LogP) is 4.33. The van der Waals surface area contributed by atoms with E-state index in [2.05, 4.69) is 10.2 Å². The second kappa shape index (κ2) is 7.17. The minimum absolute atomic E-state index is 0.0985. The lowest BCUT2D eigenvalue weighted by Crippen LogP contribution is -2.23. The Morgan fingerprint density at radius 1 is 1.35 bits per heavy atom. The van der Waals surface area contributed by atoms with Gasteiger partial charge in [0.25, 0.3) is 0 Å². The summed E-state index contributed by atoms with van der Waals surface area (Å²) in [7, 11) is 0. The molecule has 0 spiro atoms. The van der Waals surface area contributed by atoms with Crippen LogP contribution in [-0.4, -0.2) is 21.8 Å². The molecule has 23 heavy (non-hydrogen) atoms. The summed E-state index contributed by atoms with van der Waals surface area (Å²) in [6.45, 7) is 9.38. The Morgan fingerprint density at radius 2 is 2.09 bits per heavy atom. The van der Waals surface area contributed by atoms with Gasteiger partial charge in [-0.25, -0.2) is 4.79 Å². The highest BCUT2D eigenvalue weighted by Crippen LogP contribution is 2.30. The Bertz CT molecular complexity index is 676. The molecule has 124 valence electrons. The zero-order chi connectivity index (χ0) is 17.0. The number of aryl methyl sites for hydroxylation is 1. The number of hydrogen-bond donors (Lipinski definition) is 0. The lowest BCUT2D eigenvalue weighted by atomic mass is 10.1. The Morgan fingerprint density at radius 3 is 2.70 bits per heavy atom. The zero-order valence-electron chi connectivity index (χ0n) is 14.1. The van der Waals surface area contributed by atoms with Crippen LogP contribution in [0.2, 0.25) is 0 Å². The third-order valence-electron chi connectivity index (χ3n) is 2.95. The van der Waals surface area contributed by atoms with Crippen molar-refractivity contribution in [3.63, 3.8) is 0 Å². The number of ether oxygens (including phenoxy) is 1. The van der Waals surface area contributed by atoms with Crippen LogP contribution in [0.25, 0.3) is 0 Å². The largest absolute Gasteiger partial charge is 0.456 e. The van der Waals surface area contributed by atoms with Crippen LogP contribution >= 0.6 is 11.8 Å². The molecular formula is C17H22N2O3S. The molecular weight excluding hydrogens is 312 g/mol. The average Bonchev–Trinajstić information content (AvgIpc) is 2.90. The van der Waals surface area contributed by atoms with Crippen molar-refractivity contribution in [2.45, 2.75) is 51.2 Å². The Hall–Kier alpha value is -1.82. The Balaban J connectivity index is 1.98. The molecule has 2 rings (SSSR count). The van der Waals surface area contributed by atoms with E-state index in [0.717, 1.165) is 11.3 Å². The minimum atomic E-state index is -0.494. The first kappa shape index (κ1) is 17.5. The number of hydrogen-bond acceptors (Lipinski definition) is 6. The molecule has 5 nitrogen and oxygen atoms in total. The fourth-order valence-electron chi connectivity index (χ4n) is 1.89. The maximum absolute atomic E-state index is 12.1. The van der Waals surface area contributed by atoms with Crippen LogP contribution in [0.15, 0.2) is 28.7 Å². The molecule has 0 N–H and O–H groups in total. The second-order valence-electron chi connectivity index (χ2n) is 6.31. The average molecular weight is 334 g/mol. The summed E-state index contributed by atoms with van der Waals surface area (Å²) in [4.78, 5) is 12.1. The smallest absolute Gasteiger partial charge is 0.338 e. The van der Waals surface area contributed by atoms with Crippen LogP contribution < -0.4 is 0 Å². The maximum atomic E-state index is 12.1. The topological polar surface area (TPSA) is 65.2 Å². The number of thioether (sulfide) groups is 1. The third kappa shape index (κ3) is 5.39. The van der Waals surface area contributed by atoms with Crippen LogP contribution in [-0.2, 0) is 10.5 Å². The molecule has 1 heterocycles. The highest BCUT2D eigenvalue weighted by Gasteiger charge is 2.18. The van der Waals surface area contributed by atoms with Gasteiger partial charge >= 0.3 is 5.97 Å². The highest BCUT2D eigenvalue weighted by atomic mass is 32.2. The highest BCUT2D eigenvalue weighted by molar-refractivity contribution is 7.98. The van der Waals surface area contributed by atoms with Crippen LogP contribution in [0.1, 0.15) is 60.6 Å². The molecule has 0 unspecified atom stereocenters. The van der Waals surface area contributed by atoms with Crippen molar-refractivity contribution < 1.29 is 13.9 Å². The van der Waals surface area contributed by atoms with Crippen molar-refractivity contribution in [2.24, 2.45) is 0 Å². The molecule has 0 radical (unpaired) electrons. The number of carbonyl (C=O) groups is 1. The van der Waals surface area contributed by atoms with Crippen molar-refractivity contribution in [1.29, 1.82) is 0 Å². The van der Waals surface area contributed by atoms with E-state index in [4.69, 9.17) is 9.15 Å². The summed E-state index contributed by atoms with van der Waals surface area (Å²) in [5.41, 5.74) is 1.13. The summed E-state index contributed by atoms with van der Waals surface area (Å²) in [5, 5.41) is 7.97. The van der Waals surface area contributed by atoms with E-state index in [1.165, 1.54) is 0 Å². The van der Waals surface area contributed by atoms with Gasteiger partial charge in [0.05, 0.1) is 10.8 Å². The monoisotopic (exact) mass is 334 g/mol. The quantitative estimate of drug-likeness (QED) is 0.758. The SMILES string of the molecule is Cc1nnc([C@@H](C)SCc2cccc(C(=O)OC(C)(C)C)c2)o1. The Labute approximate surface area is 140 Å². The van der Waals surface area contributed by atoms with Crippen molar-refractivity contribution in [2.75, 3.05) is 0 Å². The van der Waals surface area contributed by atoms with Gasteiger partial charge in [-0.05, 0) is 45.4 Å². The van der Waals surface area contributed by atoms with Gasteiger partial charge in [0.2, 0.25) is 11.8 Å². The van der Waals surface area contributed by atoms with Gasteiger partial charge in [-0.1, -0.05) is 12.1 Å². The minimum Gasteiger partial charge on any atom is -0.456 e. The summed E-state index contributed by atoms with van der Waals surface area (Å²) in [5.74, 6) is 1.64. The number of esters is 1. The molecule has 1 aromatic heterocycles. The molecule has 0 fully saturated rings. The van der Waals surface area contributed by atoms with Crippen LogP contribution in [0.3, 0.4) is 0 Å². The van der Waals surface area contributed by atoms with Gasteiger partial charge in [-0.15, -0.1) is 22.0 Å².